The number of hydrogen-bond donors (Lipinski definition) is 1. The Morgan fingerprint density at radius 1 is 1.31 bits per heavy atom. The normalized spacial score (nSPS) is 28.6. The first-order valence-corrected chi connectivity index (χ1v) is 6.00. The molecule has 0 aromatic carbocycles. The van der Waals surface area contributed by atoms with E-state index in [1.54, 1.807) is 0 Å². The summed E-state index contributed by atoms with van der Waals surface area (Å²) < 4.78 is 0. The van der Waals surface area contributed by atoms with E-state index in [0.717, 1.165) is 12.0 Å². The molecule has 0 radical (unpaired) electrons. The highest BCUT2D eigenvalue weighted by atomic mass is 14.9. The lowest BCUT2D eigenvalue weighted by Gasteiger charge is -2.23. The molecule has 0 aromatic rings. The van der Waals surface area contributed by atoms with E-state index in [1.165, 1.54) is 38.5 Å². The third kappa shape index (κ3) is 3.68. The Kier molecular flexibility index (Phi) is 4.79. The summed E-state index contributed by atoms with van der Waals surface area (Å²) in [6, 6.07) is 1.48. The predicted molar refractivity (Wildman–Crippen MR) is 58.9 cm³/mol. The fourth-order valence-electron chi connectivity index (χ4n) is 2.50. The Balaban J connectivity index is 2.26. The summed E-state index contributed by atoms with van der Waals surface area (Å²) in [5.74, 6) is 0.974. The van der Waals surface area contributed by atoms with Crippen molar-refractivity contribution in [2.75, 3.05) is 0 Å². The Hall–Kier alpha value is -0.0400. The van der Waals surface area contributed by atoms with E-state index in [2.05, 4.69) is 26.1 Å². The van der Waals surface area contributed by atoms with Crippen LogP contribution in [0.5, 0.6) is 0 Å². The van der Waals surface area contributed by atoms with Gasteiger partial charge in [0.2, 0.25) is 0 Å². The molecule has 0 bridgehead atoms. The predicted octanol–water partition coefficient (Wildman–Crippen LogP) is 3.34. The Morgan fingerprint density at radius 2 is 2.08 bits per heavy atom. The molecule has 0 saturated heterocycles. The SMILES string of the molecule is CCCCC1CCCC1NC(C)C. The van der Waals surface area contributed by atoms with Gasteiger partial charge in [0, 0.05) is 12.1 Å². The zero-order valence-electron chi connectivity index (χ0n) is 9.47. The van der Waals surface area contributed by atoms with Gasteiger partial charge in [0.15, 0.2) is 0 Å². The average molecular weight is 183 g/mol. The summed E-state index contributed by atoms with van der Waals surface area (Å²) in [5.41, 5.74) is 0. The maximum Gasteiger partial charge on any atom is 0.00976 e. The number of hydrogen-bond acceptors (Lipinski definition) is 1. The van der Waals surface area contributed by atoms with Gasteiger partial charge in [-0.25, -0.2) is 0 Å². The fourth-order valence-corrected chi connectivity index (χ4v) is 2.50. The fraction of sp³-hybridized carbons (Fsp3) is 1.00. The highest BCUT2D eigenvalue weighted by Crippen LogP contribution is 2.30. The zero-order chi connectivity index (χ0) is 9.68. The molecule has 13 heavy (non-hydrogen) atoms. The highest BCUT2D eigenvalue weighted by molar-refractivity contribution is 4.83. The van der Waals surface area contributed by atoms with Crippen LogP contribution in [-0.2, 0) is 0 Å². The van der Waals surface area contributed by atoms with Gasteiger partial charge in [0.05, 0.1) is 0 Å². The molecule has 0 aromatic heterocycles. The van der Waals surface area contributed by atoms with E-state index in [1.807, 2.05) is 0 Å². The van der Waals surface area contributed by atoms with Crippen LogP contribution in [0.2, 0.25) is 0 Å². The second-order valence-corrected chi connectivity index (χ2v) is 4.76. The van der Waals surface area contributed by atoms with Crippen LogP contribution in [0.4, 0.5) is 0 Å². The molecule has 1 nitrogen and oxygen atoms in total. The Morgan fingerprint density at radius 3 is 2.69 bits per heavy atom. The Bertz CT molecular complexity index is 131. The van der Waals surface area contributed by atoms with Crippen molar-refractivity contribution in [3.63, 3.8) is 0 Å². The summed E-state index contributed by atoms with van der Waals surface area (Å²) in [6.45, 7) is 6.81. The lowest BCUT2D eigenvalue weighted by molar-refractivity contribution is 0.349. The summed E-state index contributed by atoms with van der Waals surface area (Å²) >= 11 is 0. The molecule has 0 amide bonds. The molecular formula is C12H25N. The molecule has 78 valence electrons. The highest BCUT2D eigenvalue weighted by Gasteiger charge is 2.26. The van der Waals surface area contributed by atoms with Gasteiger partial charge >= 0.3 is 0 Å². The maximum atomic E-state index is 3.70. The average Bonchev–Trinajstić information content (AvgIpc) is 2.48. The molecule has 2 unspecified atom stereocenters. The molecule has 2 atom stereocenters. The second-order valence-electron chi connectivity index (χ2n) is 4.76. The van der Waals surface area contributed by atoms with Crippen LogP contribution in [-0.4, -0.2) is 12.1 Å². The van der Waals surface area contributed by atoms with Crippen molar-refractivity contribution in [1.82, 2.24) is 5.32 Å². The first-order chi connectivity index (χ1) is 6.24. The van der Waals surface area contributed by atoms with Gasteiger partial charge in [0.1, 0.15) is 0 Å². The summed E-state index contributed by atoms with van der Waals surface area (Å²) in [7, 11) is 0. The van der Waals surface area contributed by atoms with E-state index in [-0.39, 0.29) is 0 Å². The molecule has 1 rings (SSSR count). The van der Waals surface area contributed by atoms with Gasteiger partial charge in [-0.3, -0.25) is 0 Å². The summed E-state index contributed by atoms with van der Waals surface area (Å²) in [6.07, 6.45) is 8.53. The quantitative estimate of drug-likeness (QED) is 0.689. The van der Waals surface area contributed by atoms with Crippen molar-refractivity contribution < 1.29 is 0 Å². The standard InChI is InChI=1S/C12H25N/c1-4-5-7-11-8-6-9-12(11)13-10(2)3/h10-13H,4-9H2,1-3H3. The van der Waals surface area contributed by atoms with Gasteiger partial charge < -0.3 is 5.32 Å². The van der Waals surface area contributed by atoms with Gasteiger partial charge in [-0.2, -0.15) is 0 Å². The molecule has 1 heteroatoms. The minimum atomic E-state index is 0.659. The van der Waals surface area contributed by atoms with E-state index >= 15 is 0 Å². The Labute approximate surface area is 83.3 Å². The van der Waals surface area contributed by atoms with E-state index in [4.69, 9.17) is 0 Å². The molecule has 0 heterocycles. The van der Waals surface area contributed by atoms with Crippen LogP contribution >= 0.6 is 0 Å². The minimum Gasteiger partial charge on any atom is -0.312 e. The molecule has 1 aliphatic rings. The molecule has 1 aliphatic carbocycles. The third-order valence-corrected chi connectivity index (χ3v) is 3.13. The van der Waals surface area contributed by atoms with Gasteiger partial charge in [-0.05, 0) is 25.2 Å². The van der Waals surface area contributed by atoms with E-state index < -0.39 is 0 Å². The lowest BCUT2D eigenvalue weighted by Crippen LogP contribution is -2.37. The molecule has 0 spiro atoms. The largest absolute Gasteiger partial charge is 0.312 e. The first-order valence-electron chi connectivity index (χ1n) is 6.00. The van der Waals surface area contributed by atoms with Crippen molar-refractivity contribution in [2.24, 2.45) is 5.92 Å². The van der Waals surface area contributed by atoms with Crippen LogP contribution in [0, 0.1) is 5.92 Å². The lowest BCUT2D eigenvalue weighted by atomic mass is 9.96. The molecular weight excluding hydrogens is 158 g/mol. The van der Waals surface area contributed by atoms with Crippen molar-refractivity contribution in [3.8, 4) is 0 Å². The van der Waals surface area contributed by atoms with Crippen LogP contribution in [0.25, 0.3) is 0 Å². The van der Waals surface area contributed by atoms with Gasteiger partial charge in [-0.15, -0.1) is 0 Å². The molecule has 1 N–H and O–H groups in total. The molecule has 1 fully saturated rings. The number of unbranched alkanes of at least 4 members (excludes halogenated alkanes) is 1. The van der Waals surface area contributed by atoms with Crippen LogP contribution < -0.4 is 5.32 Å². The minimum absolute atomic E-state index is 0.659. The van der Waals surface area contributed by atoms with Crippen LogP contribution in [0.3, 0.4) is 0 Å². The molecule has 1 saturated carbocycles. The van der Waals surface area contributed by atoms with Crippen molar-refractivity contribution in [2.45, 2.75) is 71.4 Å². The first kappa shape index (κ1) is 11.0. The number of nitrogens with one attached hydrogen (secondary N) is 1. The van der Waals surface area contributed by atoms with Gasteiger partial charge in [-0.1, -0.05) is 40.0 Å². The topological polar surface area (TPSA) is 12.0 Å². The maximum absolute atomic E-state index is 3.70. The summed E-state index contributed by atoms with van der Waals surface area (Å²) in [4.78, 5) is 0. The van der Waals surface area contributed by atoms with Crippen molar-refractivity contribution in [3.05, 3.63) is 0 Å². The second kappa shape index (κ2) is 5.64. The van der Waals surface area contributed by atoms with Crippen molar-refractivity contribution >= 4 is 0 Å². The smallest absolute Gasteiger partial charge is 0.00976 e. The van der Waals surface area contributed by atoms with E-state index in [9.17, 15) is 0 Å². The third-order valence-electron chi connectivity index (χ3n) is 3.13. The zero-order valence-corrected chi connectivity index (χ0v) is 9.47. The monoisotopic (exact) mass is 183 g/mol. The van der Waals surface area contributed by atoms with E-state index in [0.29, 0.717) is 6.04 Å². The van der Waals surface area contributed by atoms with Crippen LogP contribution in [0.15, 0.2) is 0 Å². The van der Waals surface area contributed by atoms with Gasteiger partial charge in [0.25, 0.3) is 0 Å². The molecule has 0 aliphatic heterocycles. The van der Waals surface area contributed by atoms with Crippen LogP contribution in [0.1, 0.15) is 59.3 Å². The van der Waals surface area contributed by atoms with Crippen molar-refractivity contribution in [1.29, 1.82) is 0 Å². The number of rotatable bonds is 5. The summed E-state index contributed by atoms with van der Waals surface area (Å²) in [5, 5.41) is 3.70.